The number of aromatic nitrogens is 1. The Bertz CT molecular complexity index is 400. The minimum atomic E-state index is -3.03. The monoisotopic (exact) mass is 240 g/mol. The molecule has 0 aliphatic rings. The Labute approximate surface area is 86.8 Å². The van der Waals surface area contributed by atoms with Crippen LogP contribution < -0.4 is 0 Å². The zero-order valence-electron chi connectivity index (χ0n) is 7.08. The van der Waals surface area contributed by atoms with Crippen LogP contribution in [-0.2, 0) is 5.88 Å². The highest BCUT2D eigenvalue weighted by atomic mass is 35.5. The molecule has 8 heteroatoms. The number of alkyl halides is 3. The van der Waals surface area contributed by atoms with Gasteiger partial charge in [0.1, 0.15) is 0 Å². The van der Waals surface area contributed by atoms with Crippen molar-refractivity contribution in [3.63, 3.8) is 0 Å². The first-order valence-electron chi connectivity index (χ1n) is 3.65. The van der Waals surface area contributed by atoms with Gasteiger partial charge in [-0.25, -0.2) is 8.78 Å². The molecule has 0 aliphatic carbocycles. The molecule has 1 aromatic rings. The second-order valence-electron chi connectivity index (χ2n) is 2.53. The Balaban J connectivity index is 3.45. The van der Waals surface area contributed by atoms with Crippen molar-refractivity contribution in [2.24, 2.45) is 0 Å². The van der Waals surface area contributed by atoms with Gasteiger partial charge in [0.15, 0.2) is 0 Å². The first kappa shape index (κ1) is 11.7. The van der Waals surface area contributed by atoms with Crippen molar-refractivity contribution in [2.75, 3.05) is 0 Å². The highest BCUT2D eigenvalue weighted by molar-refractivity contribution is 6.17. The maximum absolute atomic E-state index is 12.7. The SMILES string of the molecule is O=[N+]([O-])c1nc(F)cc(C(F)F)c1CCl. The average molecular weight is 241 g/mol. The summed E-state index contributed by atoms with van der Waals surface area (Å²) >= 11 is 5.28. The molecule has 0 amide bonds. The molecule has 1 heterocycles. The molecule has 1 aromatic heterocycles. The standard InChI is InChI=1S/C7H4ClF3N2O2/c8-2-4-3(6(10)11)1-5(9)12-7(4)13(14)15/h1,6H,2H2. The molecular weight excluding hydrogens is 237 g/mol. The second-order valence-corrected chi connectivity index (χ2v) is 2.80. The van der Waals surface area contributed by atoms with Gasteiger partial charge in [0, 0.05) is 11.6 Å². The molecule has 4 nitrogen and oxygen atoms in total. The summed E-state index contributed by atoms with van der Waals surface area (Å²) in [6.45, 7) is 0. The van der Waals surface area contributed by atoms with Crippen LogP contribution in [0, 0.1) is 16.1 Å². The van der Waals surface area contributed by atoms with Gasteiger partial charge >= 0.3 is 11.8 Å². The van der Waals surface area contributed by atoms with Gasteiger partial charge in [-0.1, -0.05) is 0 Å². The molecule has 0 N–H and O–H groups in total. The van der Waals surface area contributed by atoms with Gasteiger partial charge in [-0.2, -0.15) is 4.39 Å². The van der Waals surface area contributed by atoms with Crippen LogP contribution in [0.1, 0.15) is 17.6 Å². The van der Waals surface area contributed by atoms with Crippen molar-refractivity contribution in [2.45, 2.75) is 12.3 Å². The van der Waals surface area contributed by atoms with Crippen LogP contribution in [0.3, 0.4) is 0 Å². The van der Waals surface area contributed by atoms with Gasteiger partial charge in [0.2, 0.25) is 0 Å². The summed E-state index contributed by atoms with van der Waals surface area (Å²) in [6, 6.07) is 0.440. The molecule has 0 unspecified atom stereocenters. The van der Waals surface area contributed by atoms with Crippen LogP contribution in [0.4, 0.5) is 19.0 Å². The lowest BCUT2D eigenvalue weighted by Gasteiger charge is -2.05. The molecule has 82 valence electrons. The molecule has 0 radical (unpaired) electrons. The fourth-order valence-corrected chi connectivity index (χ4v) is 1.30. The topological polar surface area (TPSA) is 56.0 Å². The summed E-state index contributed by atoms with van der Waals surface area (Å²) in [5, 5.41) is 10.4. The van der Waals surface area contributed by atoms with E-state index in [0.29, 0.717) is 6.07 Å². The van der Waals surface area contributed by atoms with E-state index in [4.69, 9.17) is 11.6 Å². The lowest BCUT2D eigenvalue weighted by atomic mass is 10.1. The minimum Gasteiger partial charge on any atom is -0.358 e. The predicted molar refractivity (Wildman–Crippen MR) is 45.4 cm³/mol. The average Bonchev–Trinajstić information content (AvgIpc) is 2.16. The zero-order chi connectivity index (χ0) is 11.6. The molecule has 0 aliphatic heterocycles. The molecule has 0 fully saturated rings. The number of halogens is 4. The van der Waals surface area contributed by atoms with Gasteiger partial charge in [0.05, 0.1) is 11.4 Å². The molecule has 0 atom stereocenters. The summed E-state index contributed by atoms with van der Waals surface area (Å²) in [5.74, 6) is -2.82. The Morgan fingerprint density at radius 2 is 2.20 bits per heavy atom. The first-order chi connectivity index (χ1) is 6.97. The third-order valence-electron chi connectivity index (χ3n) is 1.65. The Morgan fingerprint density at radius 1 is 1.60 bits per heavy atom. The van der Waals surface area contributed by atoms with Crippen LogP contribution in [0.25, 0.3) is 0 Å². The molecule has 0 spiro atoms. The molecular formula is C7H4ClF3N2O2. The van der Waals surface area contributed by atoms with Gasteiger partial charge in [0.25, 0.3) is 6.43 Å². The van der Waals surface area contributed by atoms with Gasteiger partial charge in [-0.3, -0.25) is 0 Å². The smallest absolute Gasteiger partial charge is 0.358 e. The third kappa shape index (κ3) is 2.35. The number of hydrogen-bond acceptors (Lipinski definition) is 3. The minimum absolute atomic E-state index is 0.440. The van der Waals surface area contributed by atoms with Gasteiger partial charge in [-0.15, -0.1) is 11.6 Å². The molecule has 0 saturated heterocycles. The first-order valence-corrected chi connectivity index (χ1v) is 4.18. The van der Waals surface area contributed by atoms with Crippen molar-refractivity contribution in [1.29, 1.82) is 0 Å². The summed E-state index contributed by atoms with van der Waals surface area (Å²) in [4.78, 5) is 12.2. The van der Waals surface area contributed by atoms with E-state index >= 15 is 0 Å². The molecule has 0 aromatic carbocycles. The fraction of sp³-hybridized carbons (Fsp3) is 0.286. The van der Waals surface area contributed by atoms with Crippen molar-refractivity contribution < 1.29 is 18.1 Å². The fourth-order valence-electron chi connectivity index (χ4n) is 1.03. The van der Waals surface area contributed by atoms with Crippen LogP contribution >= 0.6 is 11.6 Å². The lowest BCUT2D eigenvalue weighted by Crippen LogP contribution is -2.04. The van der Waals surface area contributed by atoms with E-state index in [2.05, 4.69) is 4.98 Å². The summed E-state index contributed by atoms with van der Waals surface area (Å²) in [7, 11) is 0. The van der Waals surface area contributed by atoms with Crippen molar-refractivity contribution >= 4 is 17.4 Å². The van der Waals surface area contributed by atoms with E-state index in [9.17, 15) is 23.3 Å². The highest BCUT2D eigenvalue weighted by Crippen LogP contribution is 2.30. The Morgan fingerprint density at radius 3 is 2.60 bits per heavy atom. The number of rotatable bonds is 3. The lowest BCUT2D eigenvalue weighted by molar-refractivity contribution is -0.390. The highest BCUT2D eigenvalue weighted by Gasteiger charge is 2.26. The molecule has 15 heavy (non-hydrogen) atoms. The Kier molecular flexibility index (Phi) is 3.46. The van der Waals surface area contributed by atoms with E-state index in [-0.39, 0.29) is 0 Å². The zero-order valence-corrected chi connectivity index (χ0v) is 7.84. The molecule has 0 saturated carbocycles. The van der Waals surface area contributed by atoms with E-state index < -0.39 is 40.1 Å². The number of hydrogen-bond donors (Lipinski definition) is 0. The maximum Gasteiger partial charge on any atom is 0.371 e. The predicted octanol–water partition coefficient (Wildman–Crippen LogP) is 2.81. The second kappa shape index (κ2) is 4.43. The summed E-state index contributed by atoms with van der Waals surface area (Å²) in [6.07, 6.45) is -3.03. The van der Waals surface area contributed by atoms with E-state index in [0.717, 1.165) is 0 Å². The van der Waals surface area contributed by atoms with Gasteiger partial charge in [-0.05, 0) is 9.91 Å². The number of nitro groups is 1. The van der Waals surface area contributed by atoms with Crippen LogP contribution in [-0.4, -0.2) is 9.91 Å². The third-order valence-corrected chi connectivity index (χ3v) is 1.91. The molecule has 0 bridgehead atoms. The van der Waals surface area contributed by atoms with E-state index in [1.807, 2.05) is 0 Å². The van der Waals surface area contributed by atoms with E-state index in [1.165, 1.54) is 0 Å². The van der Waals surface area contributed by atoms with Crippen molar-refractivity contribution in [3.8, 4) is 0 Å². The van der Waals surface area contributed by atoms with Gasteiger partial charge < -0.3 is 10.1 Å². The van der Waals surface area contributed by atoms with Crippen LogP contribution in [0.5, 0.6) is 0 Å². The van der Waals surface area contributed by atoms with Crippen molar-refractivity contribution in [3.05, 3.63) is 33.3 Å². The quantitative estimate of drug-likeness (QED) is 0.353. The Hall–Kier alpha value is -1.37. The van der Waals surface area contributed by atoms with Crippen LogP contribution in [0.15, 0.2) is 6.07 Å². The largest absolute Gasteiger partial charge is 0.371 e. The summed E-state index contributed by atoms with van der Waals surface area (Å²) < 4.78 is 37.4. The number of nitrogens with zero attached hydrogens (tertiary/aromatic N) is 2. The van der Waals surface area contributed by atoms with E-state index in [1.54, 1.807) is 0 Å². The summed E-state index contributed by atoms with van der Waals surface area (Å²) in [5.41, 5.74) is -1.26. The normalized spacial score (nSPS) is 10.7. The van der Waals surface area contributed by atoms with Crippen molar-refractivity contribution in [1.82, 2.24) is 4.98 Å². The number of pyridine rings is 1. The van der Waals surface area contributed by atoms with Crippen LogP contribution in [0.2, 0.25) is 0 Å². The molecule has 1 rings (SSSR count). The maximum atomic E-state index is 12.7.